The summed E-state index contributed by atoms with van der Waals surface area (Å²) in [7, 11) is 0. The summed E-state index contributed by atoms with van der Waals surface area (Å²) in [6.45, 7) is 5.21. The fourth-order valence-electron chi connectivity index (χ4n) is 1.46. The van der Waals surface area contributed by atoms with Gasteiger partial charge in [-0.05, 0) is 17.7 Å². The quantitative estimate of drug-likeness (QED) is 0.843. The van der Waals surface area contributed by atoms with Gasteiger partial charge < -0.3 is 9.84 Å². The maximum Gasteiger partial charge on any atom is 0.302 e. The van der Waals surface area contributed by atoms with Crippen molar-refractivity contribution in [2.24, 2.45) is 5.41 Å². The van der Waals surface area contributed by atoms with Crippen LogP contribution in [0.15, 0.2) is 24.3 Å². The highest BCUT2D eigenvalue weighted by Crippen LogP contribution is 2.33. The molecule has 1 aromatic rings. The van der Waals surface area contributed by atoms with Crippen LogP contribution in [0.25, 0.3) is 0 Å². The van der Waals surface area contributed by atoms with Crippen LogP contribution in [0.5, 0.6) is 0 Å². The molecule has 0 heterocycles. The van der Waals surface area contributed by atoms with Gasteiger partial charge in [-0.25, -0.2) is 0 Å². The van der Waals surface area contributed by atoms with Crippen molar-refractivity contribution in [3.05, 3.63) is 34.9 Å². The third-order valence-electron chi connectivity index (χ3n) is 2.57. The summed E-state index contributed by atoms with van der Waals surface area (Å²) in [5.41, 5.74) is 0.214. The molecule has 0 aromatic heterocycles. The monoisotopic (exact) mass is 256 g/mol. The number of aliphatic hydroxyl groups is 1. The van der Waals surface area contributed by atoms with Gasteiger partial charge in [0.05, 0.1) is 12.7 Å². The van der Waals surface area contributed by atoms with E-state index in [9.17, 15) is 9.90 Å². The van der Waals surface area contributed by atoms with Gasteiger partial charge in [-0.3, -0.25) is 4.79 Å². The highest BCUT2D eigenvalue weighted by molar-refractivity contribution is 6.30. The summed E-state index contributed by atoms with van der Waals surface area (Å²) in [5.74, 6) is -0.346. The van der Waals surface area contributed by atoms with Crippen LogP contribution in [-0.2, 0) is 9.53 Å². The number of esters is 1. The Morgan fingerprint density at radius 1 is 1.41 bits per heavy atom. The molecule has 0 saturated carbocycles. The molecule has 0 bridgehead atoms. The zero-order valence-electron chi connectivity index (χ0n) is 10.2. The molecule has 1 rings (SSSR count). The van der Waals surface area contributed by atoms with Crippen LogP contribution in [0.3, 0.4) is 0 Å². The van der Waals surface area contributed by atoms with Crippen molar-refractivity contribution >= 4 is 17.6 Å². The minimum Gasteiger partial charge on any atom is -0.465 e. The predicted octanol–water partition coefficient (Wildman–Crippen LogP) is 2.96. The number of hydrogen-bond donors (Lipinski definition) is 1. The highest BCUT2D eigenvalue weighted by atomic mass is 35.5. The second kappa shape index (κ2) is 5.52. The van der Waals surface area contributed by atoms with E-state index in [4.69, 9.17) is 16.3 Å². The Balaban J connectivity index is 2.76. The molecule has 0 spiro atoms. The highest BCUT2D eigenvalue weighted by Gasteiger charge is 2.30. The third kappa shape index (κ3) is 4.02. The van der Waals surface area contributed by atoms with Crippen LogP contribution < -0.4 is 0 Å². The van der Waals surface area contributed by atoms with Crippen LogP contribution in [0.4, 0.5) is 0 Å². The summed E-state index contributed by atoms with van der Waals surface area (Å²) in [4.78, 5) is 10.8. The smallest absolute Gasteiger partial charge is 0.302 e. The topological polar surface area (TPSA) is 46.5 Å². The van der Waals surface area contributed by atoms with Crippen molar-refractivity contribution in [3.8, 4) is 0 Å². The molecule has 0 aliphatic carbocycles. The Bertz CT molecular complexity index is 384. The SMILES string of the molecule is CC(=O)OCC(C)(C)[C@@H](O)c1ccc(Cl)cc1. The van der Waals surface area contributed by atoms with Crippen molar-refractivity contribution in [3.63, 3.8) is 0 Å². The molecule has 4 heteroatoms. The fourth-order valence-corrected chi connectivity index (χ4v) is 1.59. The molecule has 0 aliphatic heterocycles. The van der Waals surface area contributed by atoms with Crippen LogP contribution in [0.2, 0.25) is 5.02 Å². The van der Waals surface area contributed by atoms with E-state index in [1.165, 1.54) is 6.92 Å². The molecule has 0 unspecified atom stereocenters. The number of halogens is 1. The number of hydrogen-bond acceptors (Lipinski definition) is 3. The normalized spacial score (nSPS) is 13.2. The van der Waals surface area contributed by atoms with Crippen LogP contribution >= 0.6 is 11.6 Å². The first-order valence-electron chi connectivity index (χ1n) is 5.40. The molecule has 1 atom stereocenters. The van der Waals surface area contributed by atoms with E-state index in [1.807, 2.05) is 13.8 Å². The zero-order valence-corrected chi connectivity index (χ0v) is 11.0. The lowest BCUT2D eigenvalue weighted by Gasteiger charge is -2.30. The Kier molecular flexibility index (Phi) is 4.54. The molecule has 17 heavy (non-hydrogen) atoms. The summed E-state index contributed by atoms with van der Waals surface area (Å²) >= 11 is 5.78. The minimum atomic E-state index is -0.709. The molecule has 94 valence electrons. The molecule has 0 amide bonds. The van der Waals surface area contributed by atoms with Gasteiger partial charge in [0.2, 0.25) is 0 Å². The molecule has 0 saturated heterocycles. The number of carbonyl (C=O) groups is 1. The van der Waals surface area contributed by atoms with E-state index in [1.54, 1.807) is 24.3 Å². The second-order valence-corrected chi connectivity index (χ2v) is 5.16. The Morgan fingerprint density at radius 3 is 2.41 bits per heavy atom. The first kappa shape index (κ1) is 14.0. The van der Waals surface area contributed by atoms with Crippen molar-refractivity contribution < 1.29 is 14.6 Å². The zero-order chi connectivity index (χ0) is 13.1. The predicted molar refractivity (Wildman–Crippen MR) is 66.8 cm³/mol. The molecule has 0 fully saturated rings. The van der Waals surface area contributed by atoms with Crippen LogP contribution in [0, 0.1) is 5.41 Å². The molecule has 1 N–H and O–H groups in total. The molecule has 0 radical (unpaired) electrons. The van der Waals surface area contributed by atoms with Crippen LogP contribution in [0.1, 0.15) is 32.4 Å². The maximum atomic E-state index is 10.8. The van der Waals surface area contributed by atoms with E-state index in [0.29, 0.717) is 5.02 Å². The molecule has 1 aromatic carbocycles. The lowest BCUT2D eigenvalue weighted by atomic mass is 9.83. The van der Waals surface area contributed by atoms with Gasteiger partial charge in [-0.15, -0.1) is 0 Å². The standard InChI is InChI=1S/C13H17ClO3/c1-9(15)17-8-13(2,3)12(16)10-4-6-11(14)7-5-10/h4-7,12,16H,8H2,1-3H3/t12-/m0/s1. The summed E-state index contributed by atoms with van der Waals surface area (Å²) in [5, 5.41) is 10.8. The van der Waals surface area contributed by atoms with Crippen molar-refractivity contribution in [1.82, 2.24) is 0 Å². The first-order valence-corrected chi connectivity index (χ1v) is 5.77. The number of ether oxygens (including phenoxy) is 1. The lowest BCUT2D eigenvalue weighted by molar-refractivity contribution is -0.146. The first-order chi connectivity index (χ1) is 7.83. The van der Waals surface area contributed by atoms with E-state index < -0.39 is 11.5 Å². The third-order valence-corrected chi connectivity index (χ3v) is 2.83. The average Bonchev–Trinajstić information content (AvgIpc) is 2.27. The van der Waals surface area contributed by atoms with Gasteiger partial charge in [-0.2, -0.15) is 0 Å². The minimum absolute atomic E-state index is 0.173. The second-order valence-electron chi connectivity index (χ2n) is 4.72. The van der Waals surface area contributed by atoms with Crippen molar-refractivity contribution in [2.45, 2.75) is 26.9 Å². The van der Waals surface area contributed by atoms with E-state index in [2.05, 4.69) is 0 Å². The largest absolute Gasteiger partial charge is 0.465 e. The van der Waals surface area contributed by atoms with Crippen LogP contribution in [-0.4, -0.2) is 17.7 Å². The van der Waals surface area contributed by atoms with Crippen molar-refractivity contribution in [1.29, 1.82) is 0 Å². The van der Waals surface area contributed by atoms with Gasteiger partial charge >= 0.3 is 5.97 Å². The van der Waals surface area contributed by atoms with Gasteiger partial charge in [0, 0.05) is 17.4 Å². The number of aliphatic hydroxyl groups excluding tert-OH is 1. The number of benzene rings is 1. The summed E-state index contributed by atoms with van der Waals surface area (Å²) < 4.78 is 4.95. The number of rotatable bonds is 4. The molecular formula is C13H17ClO3. The Hall–Kier alpha value is -1.06. The molecule has 3 nitrogen and oxygen atoms in total. The lowest BCUT2D eigenvalue weighted by Crippen LogP contribution is -2.28. The van der Waals surface area contributed by atoms with E-state index in [0.717, 1.165) is 5.56 Å². The van der Waals surface area contributed by atoms with Gasteiger partial charge in [-0.1, -0.05) is 37.6 Å². The Labute approximate surface area is 106 Å². The van der Waals surface area contributed by atoms with E-state index in [-0.39, 0.29) is 12.6 Å². The summed E-state index contributed by atoms with van der Waals surface area (Å²) in [6, 6.07) is 6.98. The van der Waals surface area contributed by atoms with Gasteiger partial charge in [0.1, 0.15) is 0 Å². The van der Waals surface area contributed by atoms with Crippen molar-refractivity contribution in [2.75, 3.05) is 6.61 Å². The average molecular weight is 257 g/mol. The van der Waals surface area contributed by atoms with Gasteiger partial charge in [0.15, 0.2) is 0 Å². The van der Waals surface area contributed by atoms with E-state index >= 15 is 0 Å². The molecular weight excluding hydrogens is 240 g/mol. The molecule has 0 aliphatic rings. The fraction of sp³-hybridized carbons (Fsp3) is 0.462. The number of carbonyl (C=O) groups excluding carboxylic acids is 1. The van der Waals surface area contributed by atoms with Gasteiger partial charge in [0.25, 0.3) is 0 Å². The Morgan fingerprint density at radius 2 is 1.94 bits per heavy atom. The summed E-state index contributed by atoms with van der Waals surface area (Å²) in [6.07, 6.45) is -0.709. The maximum absolute atomic E-state index is 10.8.